The number of fused-ring (bicyclic) bond motifs is 6. The van der Waals surface area contributed by atoms with Crippen molar-refractivity contribution in [3.63, 3.8) is 0 Å². The summed E-state index contributed by atoms with van der Waals surface area (Å²) in [5.41, 5.74) is 13.0. The van der Waals surface area contributed by atoms with E-state index in [1.165, 1.54) is 55.6 Å². The maximum atomic E-state index is 12.3. The van der Waals surface area contributed by atoms with Gasteiger partial charge in [-0.15, -0.1) is 0 Å². The number of hydrogen-bond donors (Lipinski definition) is 0. The van der Waals surface area contributed by atoms with Crippen LogP contribution in [-0.4, -0.2) is 25.2 Å². The summed E-state index contributed by atoms with van der Waals surface area (Å²) in [6, 6.07) is 29.8. The number of esters is 2. The van der Waals surface area contributed by atoms with Gasteiger partial charge in [-0.3, -0.25) is 9.59 Å². The molecule has 0 bridgehead atoms. The number of benzene rings is 4. The lowest BCUT2D eigenvalue weighted by Gasteiger charge is -2.10. The molecule has 0 fully saturated rings. The van der Waals surface area contributed by atoms with E-state index in [4.69, 9.17) is 9.47 Å². The maximum absolute atomic E-state index is 12.3. The molecule has 0 aliphatic heterocycles. The van der Waals surface area contributed by atoms with E-state index in [9.17, 15) is 9.59 Å². The molecule has 2 aliphatic rings. The SMILES string of the molecule is O=C(CCc1cccc2c1Cc1ccccc1-2)OCCCCOC(=O)CCc1cccc2c1Cc1ccccc1-2. The average molecular weight is 531 g/mol. The Morgan fingerprint density at radius 1 is 0.525 bits per heavy atom. The first-order chi connectivity index (χ1) is 19.7. The summed E-state index contributed by atoms with van der Waals surface area (Å²) in [6.45, 7) is 0.705. The Kier molecular flexibility index (Phi) is 7.76. The van der Waals surface area contributed by atoms with Gasteiger partial charge in [0.15, 0.2) is 0 Å². The van der Waals surface area contributed by atoms with E-state index in [0.717, 1.165) is 12.8 Å². The highest BCUT2D eigenvalue weighted by molar-refractivity contribution is 5.79. The molecular formula is C36H34O4. The number of unbranched alkanes of at least 4 members (excludes halogenated alkanes) is 1. The topological polar surface area (TPSA) is 52.6 Å². The number of carbonyl (C=O) groups excluding carboxylic acids is 2. The molecular weight excluding hydrogens is 496 g/mol. The monoisotopic (exact) mass is 530 g/mol. The van der Waals surface area contributed by atoms with Crippen LogP contribution in [0.15, 0.2) is 84.9 Å². The first kappa shape index (κ1) is 26.1. The van der Waals surface area contributed by atoms with Crippen LogP contribution in [0.4, 0.5) is 0 Å². The molecule has 4 heteroatoms. The molecule has 0 amide bonds. The van der Waals surface area contributed by atoms with Crippen molar-refractivity contribution in [3.8, 4) is 22.3 Å². The van der Waals surface area contributed by atoms with Crippen LogP contribution in [0.3, 0.4) is 0 Å². The lowest BCUT2D eigenvalue weighted by atomic mass is 9.98. The van der Waals surface area contributed by atoms with Gasteiger partial charge in [-0.2, -0.15) is 0 Å². The number of rotatable bonds is 11. The van der Waals surface area contributed by atoms with Gasteiger partial charge in [-0.05, 0) is 94.2 Å². The summed E-state index contributed by atoms with van der Waals surface area (Å²) in [5.74, 6) is -0.356. The molecule has 0 saturated heterocycles. The van der Waals surface area contributed by atoms with Gasteiger partial charge < -0.3 is 9.47 Å². The summed E-state index contributed by atoms with van der Waals surface area (Å²) >= 11 is 0. The van der Waals surface area contributed by atoms with Crippen molar-refractivity contribution in [1.82, 2.24) is 0 Å². The van der Waals surface area contributed by atoms with Crippen molar-refractivity contribution in [2.24, 2.45) is 0 Å². The summed E-state index contributed by atoms with van der Waals surface area (Å²) in [4.78, 5) is 24.7. The van der Waals surface area contributed by atoms with Crippen LogP contribution in [-0.2, 0) is 44.7 Å². The number of hydrogen-bond acceptors (Lipinski definition) is 4. The highest BCUT2D eigenvalue weighted by Crippen LogP contribution is 2.39. The van der Waals surface area contributed by atoms with E-state index < -0.39 is 0 Å². The molecule has 0 radical (unpaired) electrons. The Labute approximate surface area is 236 Å². The summed E-state index contributed by atoms with van der Waals surface area (Å²) in [6.07, 6.45) is 5.33. The van der Waals surface area contributed by atoms with Gasteiger partial charge in [0.2, 0.25) is 0 Å². The van der Waals surface area contributed by atoms with Crippen molar-refractivity contribution in [2.45, 2.75) is 51.4 Å². The second kappa shape index (κ2) is 11.9. The van der Waals surface area contributed by atoms with Crippen LogP contribution in [0, 0.1) is 0 Å². The van der Waals surface area contributed by atoms with E-state index in [-0.39, 0.29) is 11.9 Å². The largest absolute Gasteiger partial charge is 0.466 e. The van der Waals surface area contributed by atoms with Gasteiger partial charge in [0.1, 0.15) is 0 Å². The van der Waals surface area contributed by atoms with Crippen LogP contribution in [0.1, 0.15) is 59.1 Å². The van der Waals surface area contributed by atoms with Gasteiger partial charge in [0.05, 0.1) is 13.2 Å². The zero-order valence-electron chi connectivity index (χ0n) is 22.8. The molecule has 202 valence electrons. The summed E-state index contributed by atoms with van der Waals surface area (Å²) < 4.78 is 10.9. The van der Waals surface area contributed by atoms with Crippen LogP contribution >= 0.6 is 0 Å². The third-order valence-corrected chi connectivity index (χ3v) is 8.16. The molecule has 0 heterocycles. The Morgan fingerprint density at radius 3 is 1.43 bits per heavy atom. The molecule has 0 spiro atoms. The highest BCUT2D eigenvalue weighted by atomic mass is 16.5. The third kappa shape index (κ3) is 5.58. The fraction of sp³-hybridized carbons (Fsp3) is 0.278. The first-order valence-corrected chi connectivity index (χ1v) is 14.4. The number of carbonyl (C=O) groups is 2. The third-order valence-electron chi connectivity index (χ3n) is 8.16. The van der Waals surface area contributed by atoms with Crippen LogP contribution in [0.25, 0.3) is 22.3 Å². The van der Waals surface area contributed by atoms with E-state index >= 15 is 0 Å². The summed E-state index contributed by atoms with van der Waals surface area (Å²) in [5, 5.41) is 0. The molecule has 4 nitrogen and oxygen atoms in total. The fourth-order valence-corrected chi connectivity index (χ4v) is 6.11. The Bertz CT molecular complexity index is 1430. The minimum absolute atomic E-state index is 0.178. The van der Waals surface area contributed by atoms with Crippen LogP contribution < -0.4 is 0 Å². The van der Waals surface area contributed by atoms with E-state index in [0.29, 0.717) is 51.7 Å². The van der Waals surface area contributed by atoms with Crippen LogP contribution in [0.2, 0.25) is 0 Å². The first-order valence-electron chi connectivity index (χ1n) is 14.4. The molecule has 4 aromatic rings. The molecule has 6 rings (SSSR count). The van der Waals surface area contributed by atoms with Crippen LogP contribution in [0.5, 0.6) is 0 Å². The zero-order valence-corrected chi connectivity index (χ0v) is 22.8. The van der Waals surface area contributed by atoms with Crippen molar-refractivity contribution < 1.29 is 19.1 Å². The molecule has 0 unspecified atom stereocenters. The average Bonchev–Trinajstić information content (AvgIpc) is 3.56. The maximum Gasteiger partial charge on any atom is 0.306 e. The second-order valence-corrected chi connectivity index (χ2v) is 10.7. The van der Waals surface area contributed by atoms with Gasteiger partial charge in [-0.1, -0.05) is 84.9 Å². The lowest BCUT2D eigenvalue weighted by Crippen LogP contribution is -2.10. The van der Waals surface area contributed by atoms with Gasteiger partial charge >= 0.3 is 11.9 Å². The van der Waals surface area contributed by atoms with E-state index in [2.05, 4.69) is 84.9 Å². The zero-order chi connectivity index (χ0) is 27.3. The molecule has 2 aliphatic carbocycles. The van der Waals surface area contributed by atoms with Crippen molar-refractivity contribution >= 4 is 11.9 Å². The molecule has 0 saturated carbocycles. The van der Waals surface area contributed by atoms with Gasteiger partial charge in [0, 0.05) is 12.8 Å². The Morgan fingerprint density at radius 2 is 0.950 bits per heavy atom. The minimum atomic E-state index is -0.178. The quantitative estimate of drug-likeness (QED) is 0.131. The highest BCUT2D eigenvalue weighted by Gasteiger charge is 2.22. The molecule has 4 aromatic carbocycles. The lowest BCUT2D eigenvalue weighted by molar-refractivity contribution is -0.146. The van der Waals surface area contributed by atoms with Crippen molar-refractivity contribution in [1.29, 1.82) is 0 Å². The standard InChI is InChI=1S/C36H34O4/c37-35(19-17-25-11-7-15-31-29-13-3-1-9-27(29)23-33(25)31)39-21-5-6-22-40-36(38)20-18-26-12-8-16-32-30-14-4-2-10-28(30)24-34(26)32/h1-4,7-16H,5-6,17-24H2. The molecule has 40 heavy (non-hydrogen) atoms. The predicted octanol–water partition coefficient (Wildman–Crippen LogP) is 7.26. The summed E-state index contributed by atoms with van der Waals surface area (Å²) in [7, 11) is 0. The van der Waals surface area contributed by atoms with E-state index in [1.54, 1.807) is 0 Å². The molecule has 0 atom stereocenters. The second-order valence-electron chi connectivity index (χ2n) is 10.7. The fourth-order valence-electron chi connectivity index (χ4n) is 6.11. The normalized spacial score (nSPS) is 12.3. The van der Waals surface area contributed by atoms with E-state index in [1.807, 2.05) is 0 Å². The van der Waals surface area contributed by atoms with Gasteiger partial charge in [-0.25, -0.2) is 0 Å². The minimum Gasteiger partial charge on any atom is -0.466 e. The number of aryl methyl sites for hydroxylation is 2. The van der Waals surface area contributed by atoms with Crippen molar-refractivity contribution in [2.75, 3.05) is 13.2 Å². The van der Waals surface area contributed by atoms with Crippen molar-refractivity contribution in [3.05, 3.63) is 118 Å². The molecule has 0 aromatic heterocycles. The Balaban J connectivity index is 0.872. The number of ether oxygens (including phenoxy) is 2. The van der Waals surface area contributed by atoms with Gasteiger partial charge in [0.25, 0.3) is 0 Å². The smallest absolute Gasteiger partial charge is 0.306 e. The predicted molar refractivity (Wildman–Crippen MR) is 157 cm³/mol. The Hall–Kier alpha value is -4.18. The molecule has 0 N–H and O–H groups in total.